The summed E-state index contributed by atoms with van der Waals surface area (Å²) in [5, 5.41) is 9.84. The SMILES string of the molecule is C[C@H]1CN([C@@H](C)CO)C(=O)c2cc(-c3cncnc3)cnc2O[C@H]1CN(C)Cc1ccccc1. The number of fused-ring (bicyclic) bond motifs is 1. The van der Waals surface area contributed by atoms with E-state index in [9.17, 15) is 9.90 Å². The normalized spacial score (nSPS) is 19.2. The Hall–Kier alpha value is -3.36. The number of ether oxygens (including phenoxy) is 1. The van der Waals surface area contributed by atoms with E-state index in [1.807, 2.05) is 25.1 Å². The van der Waals surface area contributed by atoms with Crippen LogP contribution < -0.4 is 4.74 Å². The highest BCUT2D eigenvalue weighted by Gasteiger charge is 2.34. The quantitative estimate of drug-likeness (QED) is 0.578. The number of carbonyl (C=O) groups is 1. The maximum Gasteiger partial charge on any atom is 0.259 e. The van der Waals surface area contributed by atoms with Gasteiger partial charge >= 0.3 is 0 Å². The van der Waals surface area contributed by atoms with Crippen molar-refractivity contribution in [3.8, 4) is 17.0 Å². The fourth-order valence-electron chi connectivity index (χ4n) is 4.19. The first-order valence-corrected chi connectivity index (χ1v) is 11.5. The van der Waals surface area contributed by atoms with E-state index in [1.54, 1.807) is 29.6 Å². The maximum atomic E-state index is 13.5. The van der Waals surface area contributed by atoms with Gasteiger partial charge in [0.2, 0.25) is 5.88 Å². The van der Waals surface area contributed by atoms with E-state index in [4.69, 9.17) is 4.74 Å². The number of pyridine rings is 1. The molecule has 8 nitrogen and oxygen atoms in total. The van der Waals surface area contributed by atoms with Crippen LogP contribution in [0.4, 0.5) is 0 Å². The lowest BCUT2D eigenvalue weighted by Crippen LogP contribution is -2.49. The summed E-state index contributed by atoms with van der Waals surface area (Å²) in [5.41, 5.74) is 3.10. The lowest BCUT2D eigenvalue weighted by Gasteiger charge is -2.37. The van der Waals surface area contributed by atoms with Gasteiger partial charge in [-0.15, -0.1) is 0 Å². The van der Waals surface area contributed by atoms with Crippen LogP contribution in [0.25, 0.3) is 11.1 Å². The van der Waals surface area contributed by atoms with E-state index in [0.717, 1.165) is 17.7 Å². The molecule has 1 aliphatic rings. The second-order valence-corrected chi connectivity index (χ2v) is 9.01. The number of hydrogen-bond donors (Lipinski definition) is 1. The van der Waals surface area contributed by atoms with Gasteiger partial charge in [-0.3, -0.25) is 9.69 Å². The molecule has 1 aliphatic heterocycles. The number of nitrogens with zero attached hydrogens (tertiary/aromatic N) is 5. The van der Waals surface area contributed by atoms with Crippen molar-refractivity contribution in [1.29, 1.82) is 0 Å². The Balaban J connectivity index is 1.65. The minimum absolute atomic E-state index is 0.0355. The Morgan fingerprint density at radius 3 is 2.62 bits per heavy atom. The molecule has 3 aromatic rings. The van der Waals surface area contributed by atoms with Crippen molar-refractivity contribution in [1.82, 2.24) is 24.8 Å². The monoisotopic (exact) mass is 461 g/mol. The molecule has 0 unspecified atom stereocenters. The number of carbonyl (C=O) groups excluding carboxylic acids is 1. The van der Waals surface area contributed by atoms with Gasteiger partial charge in [-0.2, -0.15) is 0 Å². The van der Waals surface area contributed by atoms with Crippen LogP contribution in [0, 0.1) is 5.92 Å². The van der Waals surface area contributed by atoms with Gasteiger partial charge in [0.15, 0.2) is 0 Å². The van der Waals surface area contributed by atoms with Gasteiger partial charge in [0.25, 0.3) is 5.91 Å². The van der Waals surface area contributed by atoms with Crippen molar-refractivity contribution >= 4 is 5.91 Å². The molecule has 1 aromatic carbocycles. The molecule has 0 aliphatic carbocycles. The molecule has 178 valence electrons. The number of likely N-dealkylation sites (N-methyl/N-ethyl adjacent to an activating group) is 1. The molecule has 0 fully saturated rings. The van der Waals surface area contributed by atoms with Gasteiger partial charge in [-0.1, -0.05) is 37.3 Å². The molecule has 1 N–H and O–H groups in total. The molecular weight excluding hydrogens is 430 g/mol. The Morgan fingerprint density at radius 2 is 1.91 bits per heavy atom. The number of aliphatic hydroxyl groups is 1. The first-order chi connectivity index (χ1) is 16.5. The Kier molecular flexibility index (Phi) is 7.49. The van der Waals surface area contributed by atoms with Crippen molar-refractivity contribution in [2.45, 2.75) is 32.5 Å². The van der Waals surface area contributed by atoms with Gasteiger partial charge < -0.3 is 14.7 Å². The minimum Gasteiger partial charge on any atom is -0.472 e. The van der Waals surface area contributed by atoms with Crippen LogP contribution in [-0.2, 0) is 6.54 Å². The lowest BCUT2D eigenvalue weighted by molar-refractivity contribution is 0.0325. The smallest absolute Gasteiger partial charge is 0.259 e. The summed E-state index contributed by atoms with van der Waals surface area (Å²) < 4.78 is 6.39. The number of amides is 1. The van der Waals surface area contributed by atoms with Crippen molar-refractivity contribution in [3.05, 3.63) is 72.4 Å². The van der Waals surface area contributed by atoms with Crippen molar-refractivity contribution < 1.29 is 14.6 Å². The van der Waals surface area contributed by atoms with E-state index >= 15 is 0 Å². The highest BCUT2D eigenvalue weighted by molar-refractivity contribution is 5.98. The molecule has 8 heteroatoms. The first-order valence-electron chi connectivity index (χ1n) is 11.5. The van der Waals surface area contributed by atoms with Gasteiger partial charge in [-0.25, -0.2) is 15.0 Å². The summed E-state index contributed by atoms with van der Waals surface area (Å²) >= 11 is 0. The summed E-state index contributed by atoms with van der Waals surface area (Å²) in [7, 11) is 2.06. The highest BCUT2D eigenvalue weighted by atomic mass is 16.5. The van der Waals surface area contributed by atoms with E-state index < -0.39 is 0 Å². The number of hydrogen-bond acceptors (Lipinski definition) is 7. The number of aliphatic hydroxyl groups excluding tert-OH is 1. The van der Waals surface area contributed by atoms with Crippen molar-refractivity contribution in [2.75, 3.05) is 26.7 Å². The zero-order valence-corrected chi connectivity index (χ0v) is 19.8. The van der Waals surface area contributed by atoms with Crippen LogP contribution in [0.5, 0.6) is 5.88 Å². The van der Waals surface area contributed by atoms with Gasteiger partial charge in [-0.05, 0) is 25.6 Å². The first kappa shape index (κ1) is 23.8. The zero-order chi connectivity index (χ0) is 24.1. The molecule has 0 saturated heterocycles. The number of aromatic nitrogens is 3. The van der Waals surface area contributed by atoms with Crippen LogP contribution in [0.3, 0.4) is 0 Å². The lowest BCUT2D eigenvalue weighted by atomic mass is 9.99. The second kappa shape index (κ2) is 10.7. The topological polar surface area (TPSA) is 91.7 Å². The summed E-state index contributed by atoms with van der Waals surface area (Å²) in [5.74, 6) is 0.143. The average Bonchev–Trinajstić information content (AvgIpc) is 2.86. The Bertz CT molecular complexity index is 1100. The molecule has 0 radical (unpaired) electrons. The summed E-state index contributed by atoms with van der Waals surface area (Å²) in [6.45, 7) is 5.74. The standard InChI is InChI=1S/C26H31N5O3/c1-18-13-31(19(2)16-32)26(33)23-9-21(22-10-27-17-28-11-22)12-29-25(23)34-24(18)15-30(3)14-20-7-5-4-6-8-20/h4-12,17-19,24,32H,13-16H2,1-3H3/t18-,19-,24-/m0/s1. The highest BCUT2D eigenvalue weighted by Crippen LogP contribution is 2.30. The van der Waals surface area contributed by atoms with Crippen LogP contribution in [0.2, 0.25) is 0 Å². The van der Waals surface area contributed by atoms with E-state index in [1.165, 1.54) is 11.9 Å². The van der Waals surface area contributed by atoms with Crippen LogP contribution >= 0.6 is 0 Å². The van der Waals surface area contributed by atoms with Crippen molar-refractivity contribution in [3.63, 3.8) is 0 Å². The molecule has 0 saturated carbocycles. The number of benzene rings is 1. The largest absolute Gasteiger partial charge is 0.472 e. The van der Waals surface area contributed by atoms with Gasteiger partial charge in [0.05, 0.1) is 12.6 Å². The summed E-state index contributed by atoms with van der Waals surface area (Å²) in [6, 6.07) is 11.7. The van der Waals surface area contributed by atoms with E-state index in [-0.39, 0.29) is 30.6 Å². The second-order valence-electron chi connectivity index (χ2n) is 9.01. The Morgan fingerprint density at radius 1 is 1.18 bits per heavy atom. The zero-order valence-electron chi connectivity index (χ0n) is 19.8. The molecule has 34 heavy (non-hydrogen) atoms. The molecule has 0 spiro atoms. The molecular formula is C26H31N5O3. The third kappa shape index (κ3) is 5.40. The predicted octanol–water partition coefficient (Wildman–Crippen LogP) is 2.89. The molecule has 3 heterocycles. The third-order valence-corrected chi connectivity index (χ3v) is 6.20. The van der Waals surface area contributed by atoms with E-state index in [0.29, 0.717) is 24.5 Å². The Labute approximate surface area is 200 Å². The summed E-state index contributed by atoms with van der Waals surface area (Å²) in [6.07, 6.45) is 6.32. The average molecular weight is 462 g/mol. The maximum absolute atomic E-state index is 13.5. The minimum atomic E-state index is -0.327. The fourth-order valence-corrected chi connectivity index (χ4v) is 4.19. The molecule has 3 atom stereocenters. The van der Waals surface area contributed by atoms with Crippen LogP contribution in [0.1, 0.15) is 29.8 Å². The fraction of sp³-hybridized carbons (Fsp3) is 0.385. The van der Waals surface area contributed by atoms with Crippen LogP contribution in [0.15, 0.2) is 61.3 Å². The van der Waals surface area contributed by atoms with Crippen molar-refractivity contribution in [2.24, 2.45) is 5.92 Å². The molecule has 1 amide bonds. The van der Waals surface area contributed by atoms with Gasteiger partial charge in [0, 0.05) is 55.3 Å². The summed E-state index contributed by atoms with van der Waals surface area (Å²) in [4.78, 5) is 30.2. The molecule has 2 aromatic heterocycles. The third-order valence-electron chi connectivity index (χ3n) is 6.20. The number of rotatable bonds is 7. The molecule has 0 bridgehead atoms. The van der Waals surface area contributed by atoms with Crippen LogP contribution in [-0.4, -0.2) is 74.7 Å². The predicted molar refractivity (Wildman–Crippen MR) is 129 cm³/mol. The van der Waals surface area contributed by atoms with Gasteiger partial charge in [0.1, 0.15) is 18.0 Å². The van der Waals surface area contributed by atoms with E-state index in [2.05, 4.69) is 46.0 Å². The molecule has 4 rings (SSSR count).